The molecule has 0 amide bonds. The molecule has 2 atom stereocenters. The summed E-state index contributed by atoms with van der Waals surface area (Å²) in [6.07, 6.45) is 0.883. The van der Waals surface area contributed by atoms with Crippen LogP contribution in [0.3, 0.4) is 0 Å². The van der Waals surface area contributed by atoms with Crippen molar-refractivity contribution in [2.75, 3.05) is 5.75 Å². The van der Waals surface area contributed by atoms with E-state index in [2.05, 4.69) is 0 Å². The van der Waals surface area contributed by atoms with Crippen molar-refractivity contribution < 1.29 is 8.42 Å². The van der Waals surface area contributed by atoms with Crippen LogP contribution in [0.1, 0.15) is 20.3 Å². The highest BCUT2D eigenvalue weighted by atomic mass is 32.2. The molecule has 2 rings (SSSR count). The van der Waals surface area contributed by atoms with Crippen LogP contribution in [0.5, 0.6) is 0 Å². The molecule has 108 valence electrons. The van der Waals surface area contributed by atoms with E-state index in [4.69, 9.17) is 5.73 Å². The topological polar surface area (TPSA) is 60.2 Å². The molecule has 0 heterocycles. The summed E-state index contributed by atoms with van der Waals surface area (Å²) in [6, 6.07) is 12.7. The molecule has 2 unspecified atom stereocenters. The van der Waals surface area contributed by atoms with Crippen LogP contribution in [0.15, 0.2) is 47.4 Å². The molecule has 0 fully saturated rings. The Labute approximate surface area is 120 Å². The number of benzene rings is 2. The third-order valence-electron chi connectivity index (χ3n) is 3.87. The van der Waals surface area contributed by atoms with E-state index in [9.17, 15) is 8.42 Å². The summed E-state index contributed by atoms with van der Waals surface area (Å²) < 4.78 is 24.9. The lowest BCUT2D eigenvalue weighted by Crippen LogP contribution is -2.35. The van der Waals surface area contributed by atoms with Gasteiger partial charge in [0, 0.05) is 6.04 Å². The lowest BCUT2D eigenvalue weighted by atomic mass is 10.0. The van der Waals surface area contributed by atoms with Gasteiger partial charge in [0.05, 0.1) is 10.6 Å². The van der Waals surface area contributed by atoms with Gasteiger partial charge in [-0.2, -0.15) is 0 Å². The fourth-order valence-electron chi connectivity index (χ4n) is 2.18. The van der Waals surface area contributed by atoms with E-state index in [0.717, 1.165) is 17.2 Å². The molecule has 2 N–H and O–H groups in total. The van der Waals surface area contributed by atoms with E-state index in [1.807, 2.05) is 44.2 Å². The van der Waals surface area contributed by atoms with E-state index in [-0.39, 0.29) is 17.7 Å². The number of hydrogen-bond acceptors (Lipinski definition) is 3. The highest BCUT2D eigenvalue weighted by molar-refractivity contribution is 7.91. The fraction of sp³-hybridized carbons (Fsp3) is 0.375. The molecule has 4 heteroatoms. The smallest absolute Gasteiger partial charge is 0.179 e. The van der Waals surface area contributed by atoms with Crippen molar-refractivity contribution in [3.8, 4) is 0 Å². The molecule has 2 aromatic carbocycles. The van der Waals surface area contributed by atoms with Crippen molar-refractivity contribution >= 4 is 20.6 Å². The molecule has 2 aromatic rings. The van der Waals surface area contributed by atoms with Gasteiger partial charge in [0.2, 0.25) is 0 Å². The van der Waals surface area contributed by atoms with Crippen molar-refractivity contribution in [3.63, 3.8) is 0 Å². The van der Waals surface area contributed by atoms with Gasteiger partial charge in [0.15, 0.2) is 9.84 Å². The predicted molar refractivity (Wildman–Crippen MR) is 83.4 cm³/mol. The average molecular weight is 291 g/mol. The second-order valence-electron chi connectivity index (χ2n) is 5.34. The summed E-state index contributed by atoms with van der Waals surface area (Å²) >= 11 is 0. The Morgan fingerprint density at radius 2 is 1.75 bits per heavy atom. The fourth-order valence-corrected chi connectivity index (χ4v) is 3.79. The number of fused-ring (bicyclic) bond motifs is 1. The van der Waals surface area contributed by atoms with Crippen LogP contribution in [0.25, 0.3) is 10.8 Å². The SMILES string of the molecule is CCC(C)C(N)CS(=O)(=O)c1ccc2ccccc2c1. The molecule has 0 bridgehead atoms. The summed E-state index contributed by atoms with van der Waals surface area (Å²) in [5.41, 5.74) is 5.98. The Kier molecular flexibility index (Phi) is 4.45. The maximum absolute atomic E-state index is 12.4. The number of nitrogens with two attached hydrogens (primary N) is 1. The highest BCUT2D eigenvalue weighted by Gasteiger charge is 2.22. The average Bonchev–Trinajstić information content (AvgIpc) is 2.45. The lowest BCUT2D eigenvalue weighted by Gasteiger charge is -2.18. The molecule has 0 aromatic heterocycles. The Hall–Kier alpha value is -1.39. The van der Waals surface area contributed by atoms with Crippen LogP contribution in [0, 0.1) is 5.92 Å². The number of sulfone groups is 1. The molecule has 0 aliphatic heterocycles. The normalized spacial score (nSPS) is 15.2. The molecule has 0 saturated carbocycles. The van der Waals surface area contributed by atoms with Crippen molar-refractivity contribution in [1.82, 2.24) is 0 Å². The van der Waals surface area contributed by atoms with Crippen molar-refractivity contribution in [3.05, 3.63) is 42.5 Å². The zero-order chi connectivity index (χ0) is 14.8. The monoisotopic (exact) mass is 291 g/mol. The van der Waals surface area contributed by atoms with E-state index >= 15 is 0 Å². The molecular weight excluding hydrogens is 270 g/mol. The summed E-state index contributed by atoms with van der Waals surface area (Å²) in [5, 5.41) is 1.98. The third-order valence-corrected chi connectivity index (χ3v) is 5.66. The van der Waals surface area contributed by atoms with Gasteiger partial charge in [-0.15, -0.1) is 0 Å². The van der Waals surface area contributed by atoms with Crippen LogP contribution >= 0.6 is 0 Å². The van der Waals surface area contributed by atoms with Gasteiger partial charge in [-0.3, -0.25) is 0 Å². The van der Waals surface area contributed by atoms with E-state index < -0.39 is 9.84 Å². The van der Waals surface area contributed by atoms with Gasteiger partial charge in [-0.25, -0.2) is 8.42 Å². The maximum Gasteiger partial charge on any atom is 0.179 e. The first-order chi connectivity index (χ1) is 9.44. The van der Waals surface area contributed by atoms with Gasteiger partial charge in [-0.05, 0) is 28.8 Å². The minimum Gasteiger partial charge on any atom is -0.327 e. The van der Waals surface area contributed by atoms with Crippen LogP contribution in [0.2, 0.25) is 0 Å². The van der Waals surface area contributed by atoms with E-state index in [1.54, 1.807) is 12.1 Å². The predicted octanol–water partition coefficient (Wildman–Crippen LogP) is 2.99. The molecule has 0 aliphatic carbocycles. The molecule has 0 aliphatic rings. The van der Waals surface area contributed by atoms with Crippen molar-refractivity contribution in [2.45, 2.75) is 31.2 Å². The summed E-state index contributed by atoms with van der Waals surface area (Å²) in [4.78, 5) is 0.356. The van der Waals surface area contributed by atoms with Crippen LogP contribution < -0.4 is 5.73 Å². The van der Waals surface area contributed by atoms with Gasteiger partial charge in [-0.1, -0.05) is 50.6 Å². The highest BCUT2D eigenvalue weighted by Crippen LogP contribution is 2.21. The Bertz CT molecular complexity index is 694. The molecule has 3 nitrogen and oxygen atoms in total. The van der Waals surface area contributed by atoms with E-state index in [0.29, 0.717) is 4.90 Å². The number of rotatable bonds is 5. The second kappa shape index (κ2) is 5.94. The minimum atomic E-state index is -3.33. The van der Waals surface area contributed by atoms with Gasteiger partial charge >= 0.3 is 0 Å². The molecule has 20 heavy (non-hydrogen) atoms. The lowest BCUT2D eigenvalue weighted by molar-refractivity contribution is 0.466. The summed E-state index contributed by atoms with van der Waals surface area (Å²) in [5.74, 6) is 0.200. The Morgan fingerprint density at radius 3 is 2.40 bits per heavy atom. The third kappa shape index (κ3) is 3.19. The Balaban J connectivity index is 2.32. The molecule has 0 radical (unpaired) electrons. The van der Waals surface area contributed by atoms with Crippen LogP contribution in [-0.2, 0) is 9.84 Å². The van der Waals surface area contributed by atoms with Crippen LogP contribution in [0.4, 0.5) is 0 Å². The molecule has 0 spiro atoms. The zero-order valence-corrected chi connectivity index (χ0v) is 12.7. The Morgan fingerprint density at radius 1 is 1.10 bits per heavy atom. The first kappa shape index (κ1) is 15.0. The van der Waals surface area contributed by atoms with Gasteiger partial charge < -0.3 is 5.73 Å². The van der Waals surface area contributed by atoms with E-state index in [1.165, 1.54) is 0 Å². The molecule has 0 saturated heterocycles. The maximum atomic E-state index is 12.4. The van der Waals surface area contributed by atoms with Crippen molar-refractivity contribution in [1.29, 1.82) is 0 Å². The zero-order valence-electron chi connectivity index (χ0n) is 11.9. The minimum absolute atomic E-state index is 0.000344. The van der Waals surface area contributed by atoms with Crippen molar-refractivity contribution in [2.24, 2.45) is 11.7 Å². The second-order valence-corrected chi connectivity index (χ2v) is 7.37. The van der Waals surface area contributed by atoms with Gasteiger partial charge in [0.25, 0.3) is 0 Å². The van der Waals surface area contributed by atoms with Gasteiger partial charge in [0.1, 0.15) is 0 Å². The van der Waals surface area contributed by atoms with Crippen LogP contribution in [-0.4, -0.2) is 20.2 Å². The first-order valence-electron chi connectivity index (χ1n) is 6.91. The summed E-state index contributed by atoms with van der Waals surface area (Å²) in [7, 11) is -3.33. The molecular formula is C16H21NO2S. The first-order valence-corrected chi connectivity index (χ1v) is 8.56. The summed E-state index contributed by atoms with van der Waals surface area (Å²) in [6.45, 7) is 4.01. The standard InChI is InChI=1S/C16H21NO2S/c1-3-12(2)16(17)11-20(18,19)15-9-8-13-6-4-5-7-14(13)10-15/h4-10,12,16H,3,11,17H2,1-2H3. The quantitative estimate of drug-likeness (QED) is 0.921. The largest absolute Gasteiger partial charge is 0.327 e. The number of hydrogen-bond donors (Lipinski definition) is 1.